The Balaban J connectivity index is 1.60. The van der Waals surface area contributed by atoms with E-state index < -0.39 is 24.7 Å². The number of hydrogen-bond acceptors (Lipinski definition) is 8. The first kappa shape index (κ1) is 25.5. The number of esters is 1. The lowest BCUT2D eigenvalue weighted by molar-refractivity contribution is -0.384. The van der Waals surface area contributed by atoms with Crippen LogP contribution in [0.1, 0.15) is 26.2 Å². The molecule has 3 atom stereocenters. The molecule has 0 spiro atoms. The Labute approximate surface area is 209 Å². The van der Waals surface area contributed by atoms with Gasteiger partial charge in [0.2, 0.25) is 0 Å². The molecule has 0 bridgehead atoms. The highest BCUT2D eigenvalue weighted by atomic mass is 31.2. The fourth-order valence-corrected chi connectivity index (χ4v) is 5.77. The summed E-state index contributed by atoms with van der Waals surface area (Å²) in [7, 11) is -4.20. The second-order valence-electron chi connectivity index (χ2n) is 8.37. The number of non-ortho nitro benzene ring substituents is 1. The van der Waals surface area contributed by atoms with Crippen molar-refractivity contribution >= 4 is 19.4 Å². The van der Waals surface area contributed by atoms with Crippen LogP contribution in [0.4, 0.5) is 5.69 Å². The van der Waals surface area contributed by atoms with Crippen LogP contribution in [-0.4, -0.2) is 30.1 Å². The number of nitro groups is 1. The van der Waals surface area contributed by atoms with Crippen LogP contribution in [0, 0.1) is 16.0 Å². The van der Waals surface area contributed by atoms with E-state index in [9.17, 15) is 19.5 Å². The molecule has 2 N–H and O–H groups in total. The molecule has 1 heterocycles. The van der Waals surface area contributed by atoms with Crippen molar-refractivity contribution in [1.29, 1.82) is 0 Å². The number of para-hydroxylation sites is 1. The number of carbonyl (C=O) groups excluding carboxylic acids is 1. The molecule has 0 aromatic heterocycles. The second-order valence-corrected chi connectivity index (χ2v) is 9.99. The first-order chi connectivity index (χ1) is 17.4. The molecule has 190 valence electrons. The van der Waals surface area contributed by atoms with E-state index in [0.29, 0.717) is 13.0 Å². The minimum absolute atomic E-state index is 0.0383. The van der Waals surface area contributed by atoms with Gasteiger partial charge in [-0.05, 0) is 62.1 Å². The Morgan fingerprint density at radius 3 is 2.53 bits per heavy atom. The van der Waals surface area contributed by atoms with Gasteiger partial charge in [0.1, 0.15) is 17.5 Å². The Morgan fingerprint density at radius 2 is 1.86 bits per heavy atom. The van der Waals surface area contributed by atoms with Crippen LogP contribution >= 0.6 is 7.75 Å². The van der Waals surface area contributed by atoms with Gasteiger partial charge in [-0.2, -0.15) is 5.09 Å². The van der Waals surface area contributed by atoms with Crippen molar-refractivity contribution in [3.05, 3.63) is 88.1 Å². The lowest BCUT2D eigenvalue weighted by atomic mass is 9.89. The second kappa shape index (κ2) is 11.4. The Bertz CT molecular complexity index is 1200. The van der Waals surface area contributed by atoms with E-state index in [-0.39, 0.29) is 29.7 Å². The third kappa shape index (κ3) is 6.33. The first-order valence-corrected chi connectivity index (χ1v) is 13.3. The van der Waals surface area contributed by atoms with Gasteiger partial charge in [-0.1, -0.05) is 24.3 Å². The molecule has 2 aromatic rings. The van der Waals surface area contributed by atoms with Crippen LogP contribution in [0.3, 0.4) is 0 Å². The number of benzene rings is 2. The fraction of sp³-hybridized carbons (Fsp3) is 0.320. The van der Waals surface area contributed by atoms with Gasteiger partial charge in [0.15, 0.2) is 0 Å². The summed E-state index contributed by atoms with van der Waals surface area (Å²) < 4.78 is 30.8. The van der Waals surface area contributed by atoms with Gasteiger partial charge in [-0.15, -0.1) is 0 Å². The van der Waals surface area contributed by atoms with Gasteiger partial charge in [-0.25, -0.2) is 4.57 Å². The molecular weight excluding hydrogens is 485 g/mol. The monoisotopic (exact) mass is 513 g/mol. The molecule has 0 radical (unpaired) electrons. The van der Waals surface area contributed by atoms with E-state index in [2.05, 4.69) is 16.5 Å². The molecule has 4 rings (SSSR count). The topological polar surface area (TPSA) is 129 Å². The molecule has 2 aromatic carbocycles. The molecule has 2 aliphatic rings. The summed E-state index contributed by atoms with van der Waals surface area (Å²) in [6, 6.07) is 12.6. The fourth-order valence-electron chi connectivity index (χ4n) is 4.24. The van der Waals surface area contributed by atoms with Crippen molar-refractivity contribution < 1.29 is 28.1 Å². The number of carbonyl (C=O) groups is 1. The molecule has 2 unspecified atom stereocenters. The van der Waals surface area contributed by atoms with Gasteiger partial charge >= 0.3 is 13.7 Å². The summed E-state index contributed by atoms with van der Waals surface area (Å²) in [6.45, 7) is 2.51. The number of nitrogens with one attached hydrogen (secondary N) is 2. The minimum Gasteiger partial charge on any atom is -0.465 e. The normalized spacial score (nSPS) is 19.0. The molecule has 0 saturated heterocycles. The van der Waals surface area contributed by atoms with Gasteiger partial charge in [-0.3, -0.25) is 14.9 Å². The van der Waals surface area contributed by atoms with Crippen molar-refractivity contribution in [1.82, 2.24) is 10.4 Å². The molecule has 1 aliphatic carbocycles. The van der Waals surface area contributed by atoms with E-state index in [0.717, 1.165) is 18.5 Å². The van der Waals surface area contributed by atoms with Crippen LogP contribution < -0.4 is 19.5 Å². The van der Waals surface area contributed by atoms with Crippen molar-refractivity contribution in [2.75, 3.05) is 13.2 Å². The number of hydrogen-bond donors (Lipinski definition) is 2. The van der Waals surface area contributed by atoms with Gasteiger partial charge in [0.25, 0.3) is 5.69 Å². The standard InChI is InChI=1S/C25H28N3O7P/c1-2-33-25(29)24(16-18-17-26-23-11-7-6-10-22(18)23)27-36(32,34-20-8-4-3-5-9-20)35-21-14-12-19(13-15-21)28(30)31/h3-5,7-9,11-15,18,24,26H,2,6,10,16-17H2,1H3,(H,27,32)/t18?,24-,36?/m0/s1. The van der Waals surface area contributed by atoms with Gasteiger partial charge < -0.3 is 19.1 Å². The first-order valence-electron chi connectivity index (χ1n) is 11.7. The van der Waals surface area contributed by atoms with E-state index in [4.69, 9.17) is 13.8 Å². The number of rotatable bonds is 11. The smallest absolute Gasteiger partial charge is 0.465 e. The quantitative estimate of drug-likeness (QED) is 0.187. The van der Waals surface area contributed by atoms with E-state index in [1.165, 1.54) is 29.8 Å². The molecule has 0 amide bonds. The van der Waals surface area contributed by atoms with Gasteiger partial charge in [0, 0.05) is 30.3 Å². The number of nitrogens with zero attached hydrogens (tertiary/aromatic N) is 1. The zero-order chi connectivity index (χ0) is 25.5. The predicted molar refractivity (Wildman–Crippen MR) is 133 cm³/mol. The zero-order valence-corrected chi connectivity index (χ0v) is 20.7. The Kier molecular flexibility index (Phi) is 8.07. The van der Waals surface area contributed by atoms with Crippen LogP contribution in [0.5, 0.6) is 11.5 Å². The lowest BCUT2D eigenvalue weighted by Crippen LogP contribution is -2.40. The summed E-state index contributed by atoms with van der Waals surface area (Å²) in [4.78, 5) is 23.4. The maximum Gasteiger partial charge on any atom is 0.513 e. The highest BCUT2D eigenvalue weighted by Crippen LogP contribution is 2.46. The molecule has 10 nitrogen and oxygen atoms in total. The summed E-state index contributed by atoms with van der Waals surface area (Å²) >= 11 is 0. The van der Waals surface area contributed by atoms with E-state index in [1.54, 1.807) is 37.3 Å². The molecule has 36 heavy (non-hydrogen) atoms. The third-order valence-electron chi connectivity index (χ3n) is 5.89. The van der Waals surface area contributed by atoms with E-state index >= 15 is 0 Å². The third-order valence-corrected chi connectivity index (χ3v) is 7.42. The Morgan fingerprint density at radius 1 is 1.17 bits per heavy atom. The number of allylic oxidation sites excluding steroid dienone is 2. The molecule has 1 aliphatic heterocycles. The van der Waals surface area contributed by atoms with Crippen LogP contribution in [0.25, 0.3) is 0 Å². The highest BCUT2D eigenvalue weighted by Gasteiger charge is 2.39. The van der Waals surface area contributed by atoms with Crippen molar-refractivity contribution in [3.63, 3.8) is 0 Å². The van der Waals surface area contributed by atoms with Crippen LogP contribution in [-0.2, 0) is 14.1 Å². The van der Waals surface area contributed by atoms with Crippen LogP contribution in [0.2, 0.25) is 0 Å². The summed E-state index contributed by atoms with van der Waals surface area (Å²) in [5.74, 6) is -0.179. The maximum absolute atomic E-state index is 14.0. The van der Waals surface area contributed by atoms with Crippen LogP contribution in [0.15, 0.2) is 78.0 Å². The Hall–Kier alpha value is -3.62. The molecule has 11 heteroatoms. The maximum atomic E-state index is 14.0. The zero-order valence-electron chi connectivity index (χ0n) is 19.8. The minimum atomic E-state index is -4.20. The lowest BCUT2D eigenvalue weighted by Gasteiger charge is -2.27. The largest absolute Gasteiger partial charge is 0.513 e. The predicted octanol–water partition coefficient (Wildman–Crippen LogP) is 4.90. The molecule has 0 fully saturated rings. The summed E-state index contributed by atoms with van der Waals surface area (Å²) in [5.41, 5.74) is 2.15. The summed E-state index contributed by atoms with van der Waals surface area (Å²) in [6.07, 6.45) is 6.29. The van der Waals surface area contributed by atoms with Crippen molar-refractivity contribution in [2.45, 2.75) is 32.2 Å². The summed E-state index contributed by atoms with van der Waals surface area (Å²) in [5, 5.41) is 17.2. The molecule has 0 saturated carbocycles. The average Bonchev–Trinajstić information content (AvgIpc) is 3.27. The number of ether oxygens (including phenoxy) is 1. The van der Waals surface area contributed by atoms with Crippen molar-refractivity contribution in [3.8, 4) is 11.5 Å². The SMILES string of the molecule is CCOC(=O)[C@H](CC1CNC2=C1CCC=C2)NP(=O)(Oc1ccccc1)Oc1ccc([N+](=O)[O-])cc1. The van der Waals surface area contributed by atoms with Crippen molar-refractivity contribution in [2.24, 2.45) is 5.92 Å². The highest BCUT2D eigenvalue weighted by molar-refractivity contribution is 7.52. The average molecular weight is 513 g/mol. The van der Waals surface area contributed by atoms with E-state index in [1.807, 2.05) is 6.08 Å². The van der Waals surface area contributed by atoms with Gasteiger partial charge in [0.05, 0.1) is 11.5 Å². The molecular formula is C25H28N3O7P. The number of nitro benzene ring substituents is 1.